The van der Waals surface area contributed by atoms with Gasteiger partial charge in [0.05, 0.1) is 11.3 Å². The van der Waals surface area contributed by atoms with Crippen LogP contribution in [0.15, 0.2) is 28.7 Å². The molecule has 0 saturated heterocycles. The third kappa shape index (κ3) is 5.13. The quantitative estimate of drug-likeness (QED) is 0.719. The van der Waals surface area contributed by atoms with Crippen LogP contribution in [0.2, 0.25) is 0 Å². The van der Waals surface area contributed by atoms with Crippen LogP contribution in [0, 0.1) is 6.92 Å². The number of rotatable bonds is 7. The molecule has 1 amide bonds. The average Bonchev–Trinajstić information content (AvgIpc) is 2.97. The molecule has 3 rings (SSSR count). The van der Waals surface area contributed by atoms with Crippen LogP contribution in [0.4, 0.5) is 0 Å². The second kappa shape index (κ2) is 8.51. The van der Waals surface area contributed by atoms with E-state index in [9.17, 15) is 18.0 Å². The first kappa shape index (κ1) is 21.3. The summed E-state index contributed by atoms with van der Waals surface area (Å²) in [5.41, 5.74) is 2.66. The highest BCUT2D eigenvalue weighted by Crippen LogP contribution is 2.29. The van der Waals surface area contributed by atoms with Gasteiger partial charge in [-0.3, -0.25) is 9.59 Å². The zero-order chi connectivity index (χ0) is 21.2. The summed E-state index contributed by atoms with van der Waals surface area (Å²) >= 11 is 0. The van der Waals surface area contributed by atoms with E-state index in [1.807, 2.05) is 0 Å². The van der Waals surface area contributed by atoms with Crippen molar-refractivity contribution >= 4 is 21.7 Å². The molecule has 156 valence electrons. The van der Waals surface area contributed by atoms with Gasteiger partial charge in [0.2, 0.25) is 10.0 Å². The zero-order valence-corrected chi connectivity index (χ0v) is 17.7. The van der Waals surface area contributed by atoms with E-state index in [1.54, 1.807) is 45.0 Å². The number of benzene rings is 1. The van der Waals surface area contributed by atoms with E-state index >= 15 is 0 Å². The van der Waals surface area contributed by atoms with Gasteiger partial charge < -0.3 is 9.73 Å². The number of hydrogen-bond acceptors (Lipinski definition) is 5. The van der Waals surface area contributed by atoms with Gasteiger partial charge in [0.25, 0.3) is 5.91 Å². The summed E-state index contributed by atoms with van der Waals surface area (Å²) in [6.45, 7) is 5.56. The highest BCUT2D eigenvalue weighted by molar-refractivity contribution is 7.88. The summed E-state index contributed by atoms with van der Waals surface area (Å²) in [5.74, 6) is 0.363. The average molecular weight is 419 g/mol. The van der Waals surface area contributed by atoms with Gasteiger partial charge in [-0.1, -0.05) is 24.3 Å². The maximum absolute atomic E-state index is 12.5. The highest BCUT2D eigenvalue weighted by Gasteiger charge is 2.28. The van der Waals surface area contributed by atoms with E-state index in [0.29, 0.717) is 35.3 Å². The first-order chi connectivity index (χ1) is 13.7. The van der Waals surface area contributed by atoms with Crippen molar-refractivity contribution < 1.29 is 22.4 Å². The Labute approximate surface area is 170 Å². The third-order valence-corrected chi connectivity index (χ3v) is 6.30. The van der Waals surface area contributed by atoms with Crippen molar-refractivity contribution in [1.29, 1.82) is 0 Å². The SMILES string of the molecule is Cc1c(C(=O)NCc2ccc(CS(=O)(=O)NC(C)C)cc2)oc2c1C(=O)CCC2. The van der Waals surface area contributed by atoms with Crippen LogP contribution in [-0.2, 0) is 28.7 Å². The largest absolute Gasteiger partial charge is 0.455 e. The summed E-state index contributed by atoms with van der Waals surface area (Å²) < 4.78 is 32.2. The Kier molecular flexibility index (Phi) is 6.24. The van der Waals surface area contributed by atoms with Gasteiger partial charge in [0.1, 0.15) is 5.76 Å². The van der Waals surface area contributed by atoms with Crippen LogP contribution in [0.1, 0.15) is 70.1 Å². The fourth-order valence-electron chi connectivity index (χ4n) is 3.50. The monoisotopic (exact) mass is 418 g/mol. The number of aryl methyl sites for hydroxylation is 1. The lowest BCUT2D eigenvalue weighted by Crippen LogP contribution is -2.31. The summed E-state index contributed by atoms with van der Waals surface area (Å²) in [7, 11) is -3.38. The lowest BCUT2D eigenvalue weighted by atomic mass is 9.94. The molecule has 2 aromatic rings. The van der Waals surface area contributed by atoms with Crippen molar-refractivity contribution in [3.05, 3.63) is 58.0 Å². The Morgan fingerprint density at radius 2 is 1.79 bits per heavy atom. The molecule has 1 aliphatic carbocycles. The Balaban J connectivity index is 1.62. The molecule has 0 aliphatic heterocycles. The number of carbonyl (C=O) groups is 2. The molecule has 0 atom stereocenters. The number of furan rings is 1. The first-order valence-electron chi connectivity index (χ1n) is 9.68. The molecule has 1 heterocycles. The van der Waals surface area contributed by atoms with Crippen molar-refractivity contribution in [2.45, 2.75) is 58.4 Å². The molecule has 8 heteroatoms. The lowest BCUT2D eigenvalue weighted by molar-refractivity contribution is 0.0917. The van der Waals surface area contributed by atoms with Crippen LogP contribution in [-0.4, -0.2) is 26.2 Å². The molecule has 0 spiro atoms. The van der Waals surface area contributed by atoms with Crippen LogP contribution >= 0.6 is 0 Å². The van der Waals surface area contributed by atoms with Crippen molar-refractivity contribution in [2.75, 3.05) is 0 Å². The number of sulfonamides is 1. The van der Waals surface area contributed by atoms with E-state index in [-0.39, 0.29) is 35.8 Å². The Morgan fingerprint density at radius 1 is 1.14 bits per heavy atom. The topological polar surface area (TPSA) is 105 Å². The first-order valence-corrected chi connectivity index (χ1v) is 11.3. The number of ketones is 1. The third-order valence-electron chi connectivity index (χ3n) is 4.76. The number of Topliss-reactive ketones (excluding diaryl/α,β-unsaturated/α-hetero) is 1. The predicted molar refractivity (Wildman–Crippen MR) is 109 cm³/mol. The van der Waals surface area contributed by atoms with Crippen molar-refractivity contribution in [2.24, 2.45) is 0 Å². The van der Waals surface area contributed by atoms with Gasteiger partial charge in [-0.25, -0.2) is 13.1 Å². The fraction of sp³-hybridized carbons (Fsp3) is 0.429. The highest BCUT2D eigenvalue weighted by atomic mass is 32.2. The number of amides is 1. The van der Waals surface area contributed by atoms with E-state index in [1.165, 1.54) is 0 Å². The lowest BCUT2D eigenvalue weighted by Gasteiger charge is -2.10. The van der Waals surface area contributed by atoms with Crippen LogP contribution < -0.4 is 10.0 Å². The van der Waals surface area contributed by atoms with E-state index < -0.39 is 10.0 Å². The Bertz CT molecular complexity index is 1020. The maximum Gasteiger partial charge on any atom is 0.287 e. The molecular formula is C21H26N2O5S. The minimum absolute atomic E-state index is 0.0315. The molecule has 7 nitrogen and oxygen atoms in total. The molecule has 1 aromatic heterocycles. The molecule has 0 fully saturated rings. The fourth-order valence-corrected chi connectivity index (χ4v) is 4.93. The maximum atomic E-state index is 12.5. The number of fused-ring (bicyclic) bond motifs is 1. The van der Waals surface area contributed by atoms with Gasteiger partial charge in [0, 0.05) is 31.0 Å². The molecular weight excluding hydrogens is 392 g/mol. The number of hydrogen-bond donors (Lipinski definition) is 2. The van der Waals surface area contributed by atoms with Gasteiger partial charge in [-0.2, -0.15) is 0 Å². The summed E-state index contributed by atoms with van der Waals surface area (Å²) in [5, 5.41) is 2.80. The van der Waals surface area contributed by atoms with Gasteiger partial charge in [0.15, 0.2) is 11.5 Å². The van der Waals surface area contributed by atoms with E-state index in [2.05, 4.69) is 10.0 Å². The van der Waals surface area contributed by atoms with Crippen LogP contribution in [0.5, 0.6) is 0 Å². The summed E-state index contributed by atoms with van der Waals surface area (Å²) in [6, 6.07) is 6.88. The second-order valence-corrected chi connectivity index (χ2v) is 9.42. The Hall–Kier alpha value is -2.45. The van der Waals surface area contributed by atoms with Gasteiger partial charge >= 0.3 is 0 Å². The molecule has 0 unspecified atom stereocenters. The van der Waals surface area contributed by atoms with Crippen molar-refractivity contribution in [1.82, 2.24) is 10.0 Å². The molecule has 2 N–H and O–H groups in total. The van der Waals surface area contributed by atoms with E-state index in [4.69, 9.17) is 4.42 Å². The van der Waals surface area contributed by atoms with Crippen molar-refractivity contribution in [3.63, 3.8) is 0 Å². The minimum atomic E-state index is -3.38. The predicted octanol–water partition coefficient (Wildman–Crippen LogP) is 2.86. The van der Waals surface area contributed by atoms with Crippen LogP contribution in [0.25, 0.3) is 0 Å². The normalized spacial score (nSPS) is 14.1. The molecule has 1 aliphatic rings. The zero-order valence-electron chi connectivity index (χ0n) is 16.9. The molecule has 0 radical (unpaired) electrons. The number of nitrogens with one attached hydrogen (secondary N) is 2. The second-order valence-electron chi connectivity index (χ2n) is 7.66. The standard InChI is InChI=1S/C21H26N2O5S/c1-13(2)23-29(26,27)12-16-9-7-15(8-10-16)11-22-21(25)20-14(3)19-17(24)5-4-6-18(19)28-20/h7-10,13,23H,4-6,11-12H2,1-3H3,(H,22,25). The minimum Gasteiger partial charge on any atom is -0.455 e. The summed E-state index contributed by atoms with van der Waals surface area (Å²) in [4.78, 5) is 24.6. The van der Waals surface area contributed by atoms with Crippen molar-refractivity contribution in [3.8, 4) is 0 Å². The molecule has 1 aromatic carbocycles. The smallest absolute Gasteiger partial charge is 0.287 e. The van der Waals surface area contributed by atoms with Crippen LogP contribution in [0.3, 0.4) is 0 Å². The van der Waals surface area contributed by atoms with E-state index in [0.717, 1.165) is 12.0 Å². The number of carbonyl (C=O) groups excluding carboxylic acids is 2. The molecule has 0 bridgehead atoms. The Morgan fingerprint density at radius 3 is 2.41 bits per heavy atom. The molecule has 0 saturated carbocycles. The van der Waals surface area contributed by atoms with Gasteiger partial charge in [-0.15, -0.1) is 0 Å². The summed E-state index contributed by atoms with van der Waals surface area (Å²) in [6.07, 6.45) is 1.91. The van der Waals surface area contributed by atoms with Gasteiger partial charge in [-0.05, 0) is 38.3 Å². The molecule has 29 heavy (non-hydrogen) atoms.